The van der Waals surface area contributed by atoms with Crippen LogP contribution in [-0.4, -0.2) is 27.5 Å². The fourth-order valence-electron chi connectivity index (χ4n) is 1.55. The second-order valence-corrected chi connectivity index (χ2v) is 4.02. The predicted octanol–water partition coefficient (Wildman–Crippen LogP) is -0.203. The fourth-order valence-corrected chi connectivity index (χ4v) is 1.55. The molecule has 1 saturated carbocycles. The van der Waals surface area contributed by atoms with E-state index >= 15 is 0 Å². The predicted molar refractivity (Wildman–Crippen MR) is 56.1 cm³/mol. The van der Waals surface area contributed by atoms with Crippen molar-refractivity contribution in [3.05, 3.63) is 18.2 Å². The average Bonchev–Trinajstić information content (AvgIpc) is 2.90. The van der Waals surface area contributed by atoms with Crippen molar-refractivity contribution in [3.63, 3.8) is 0 Å². The standard InChI is InChI=1S/C10H16N4O/c1-7-12-4-5-14(7)6-9(10(11)15)13-8-2-3-8/h4-5,8-9,13H,2-3,6H2,1H3,(H2,11,15). The van der Waals surface area contributed by atoms with E-state index in [2.05, 4.69) is 10.3 Å². The molecule has 1 aromatic rings. The van der Waals surface area contributed by atoms with E-state index in [0.717, 1.165) is 18.7 Å². The molecule has 82 valence electrons. The maximum Gasteiger partial charge on any atom is 0.236 e. The molecule has 5 nitrogen and oxygen atoms in total. The van der Waals surface area contributed by atoms with Gasteiger partial charge in [0.25, 0.3) is 0 Å². The minimum atomic E-state index is -0.296. The topological polar surface area (TPSA) is 72.9 Å². The number of amides is 1. The molecule has 0 aliphatic heterocycles. The Morgan fingerprint density at radius 3 is 3.00 bits per heavy atom. The Bertz CT molecular complexity index is 356. The maximum absolute atomic E-state index is 11.2. The first kappa shape index (κ1) is 10.2. The van der Waals surface area contributed by atoms with Gasteiger partial charge in [-0.25, -0.2) is 4.98 Å². The van der Waals surface area contributed by atoms with Crippen LogP contribution in [0.4, 0.5) is 0 Å². The number of aryl methyl sites for hydroxylation is 1. The highest BCUT2D eigenvalue weighted by Gasteiger charge is 2.27. The lowest BCUT2D eigenvalue weighted by Gasteiger charge is -2.16. The Morgan fingerprint density at radius 1 is 1.80 bits per heavy atom. The highest BCUT2D eigenvalue weighted by molar-refractivity contribution is 5.79. The Balaban J connectivity index is 1.99. The molecule has 0 aromatic carbocycles. The molecule has 3 N–H and O–H groups in total. The average molecular weight is 208 g/mol. The maximum atomic E-state index is 11.2. The molecule has 1 aliphatic rings. The molecule has 1 aliphatic carbocycles. The zero-order valence-corrected chi connectivity index (χ0v) is 8.81. The van der Waals surface area contributed by atoms with Gasteiger partial charge in [0.15, 0.2) is 0 Å². The molecular formula is C10H16N4O. The molecule has 0 saturated heterocycles. The SMILES string of the molecule is Cc1nccn1CC(NC1CC1)C(N)=O. The van der Waals surface area contributed by atoms with Crippen LogP contribution in [0.25, 0.3) is 0 Å². The summed E-state index contributed by atoms with van der Waals surface area (Å²) in [6.45, 7) is 2.48. The minimum Gasteiger partial charge on any atom is -0.368 e. The van der Waals surface area contributed by atoms with Crippen molar-refractivity contribution in [2.45, 2.75) is 38.4 Å². The summed E-state index contributed by atoms with van der Waals surface area (Å²) in [7, 11) is 0. The van der Waals surface area contributed by atoms with Gasteiger partial charge in [0, 0.05) is 25.0 Å². The minimum absolute atomic E-state index is 0.287. The number of hydrogen-bond donors (Lipinski definition) is 2. The summed E-state index contributed by atoms with van der Waals surface area (Å²) in [5.41, 5.74) is 5.34. The van der Waals surface area contributed by atoms with Crippen molar-refractivity contribution in [1.82, 2.24) is 14.9 Å². The summed E-state index contributed by atoms with van der Waals surface area (Å²) in [6.07, 6.45) is 5.88. The summed E-state index contributed by atoms with van der Waals surface area (Å²) >= 11 is 0. The van der Waals surface area contributed by atoms with Gasteiger partial charge in [0.1, 0.15) is 11.9 Å². The number of nitrogens with zero attached hydrogens (tertiary/aromatic N) is 2. The van der Waals surface area contributed by atoms with Crippen molar-refractivity contribution in [2.24, 2.45) is 5.73 Å². The first-order valence-corrected chi connectivity index (χ1v) is 5.20. The summed E-state index contributed by atoms with van der Waals surface area (Å²) in [5.74, 6) is 0.605. The number of imidazole rings is 1. The highest BCUT2D eigenvalue weighted by Crippen LogP contribution is 2.19. The molecule has 1 atom stereocenters. The lowest BCUT2D eigenvalue weighted by Crippen LogP contribution is -2.45. The van der Waals surface area contributed by atoms with Crippen LogP contribution in [0.1, 0.15) is 18.7 Å². The van der Waals surface area contributed by atoms with E-state index in [-0.39, 0.29) is 11.9 Å². The molecule has 2 rings (SSSR count). The highest BCUT2D eigenvalue weighted by atomic mass is 16.1. The van der Waals surface area contributed by atoms with Crippen LogP contribution in [0.2, 0.25) is 0 Å². The largest absolute Gasteiger partial charge is 0.368 e. The van der Waals surface area contributed by atoms with Crippen molar-refractivity contribution >= 4 is 5.91 Å². The van der Waals surface area contributed by atoms with E-state index in [4.69, 9.17) is 5.73 Å². The lowest BCUT2D eigenvalue weighted by atomic mass is 10.2. The van der Waals surface area contributed by atoms with Crippen LogP contribution in [-0.2, 0) is 11.3 Å². The van der Waals surface area contributed by atoms with E-state index in [1.165, 1.54) is 0 Å². The van der Waals surface area contributed by atoms with Gasteiger partial charge in [-0.15, -0.1) is 0 Å². The number of primary amides is 1. The molecule has 1 amide bonds. The molecular weight excluding hydrogens is 192 g/mol. The van der Waals surface area contributed by atoms with Crippen molar-refractivity contribution in [3.8, 4) is 0 Å². The van der Waals surface area contributed by atoms with Crippen LogP contribution in [0.15, 0.2) is 12.4 Å². The zero-order chi connectivity index (χ0) is 10.8. The van der Waals surface area contributed by atoms with E-state index in [1.54, 1.807) is 6.20 Å². The van der Waals surface area contributed by atoms with Crippen LogP contribution in [0.3, 0.4) is 0 Å². The molecule has 0 spiro atoms. The van der Waals surface area contributed by atoms with E-state index in [0.29, 0.717) is 12.6 Å². The summed E-state index contributed by atoms with van der Waals surface area (Å²) < 4.78 is 1.94. The van der Waals surface area contributed by atoms with Crippen molar-refractivity contribution < 1.29 is 4.79 Å². The number of nitrogens with one attached hydrogen (secondary N) is 1. The summed E-state index contributed by atoms with van der Waals surface area (Å²) in [4.78, 5) is 15.3. The normalized spacial score (nSPS) is 17.7. The summed E-state index contributed by atoms with van der Waals surface area (Å²) in [5, 5.41) is 3.23. The molecule has 1 fully saturated rings. The molecule has 0 radical (unpaired) electrons. The lowest BCUT2D eigenvalue weighted by molar-refractivity contribution is -0.120. The zero-order valence-electron chi connectivity index (χ0n) is 8.81. The monoisotopic (exact) mass is 208 g/mol. The number of carbonyl (C=O) groups excluding carboxylic acids is 1. The van der Waals surface area contributed by atoms with Gasteiger partial charge in [-0.2, -0.15) is 0 Å². The number of rotatable bonds is 5. The molecule has 15 heavy (non-hydrogen) atoms. The van der Waals surface area contributed by atoms with Gasteiger partial charge in [-0.3, -0.25) is 4.79 Å². The quantitative estimate of drug-likeness (QED) is 0.703. The third kappa shape index (κ3) is 2.56. The number of hydrogen-bond acceptors (Lipinski definition) is 3. The van der Waals surface area contributed by atoms with E-state index in [9.17, 15) is 4.79 Å². The second kappa shape index (κ2) is 4.02. The smallest absolute Gasteiger partial charge is 0.236 e. The number of aromatic nitrogens is 2. The van der Waals surface area contributed by atoms with Crippen molar-refractivity contribution in [2.75, 3.05) is 0 Å². The van der Waals surface area contributed by atoms with Crippen LogP contribution in [0.5, 0.6) is 0 Å². The number of nitrogens with two attached hydrogens (primary N) is 1. The fraction of sp³-hybridized carbons (Fsp3) is 0.600. The Kier molecular flexibility index (Phi) is 2.73. The van der Waals surface area contributed by atoms with Crippen LogP contribution >= 0.6 is 0 Å². The van der Waals surface area contributed by atoms with Gasteiger partial charge in [-0.1, -0.05) is 0 Å². The van der Waals surface area contributed by atoms with Gasteiger partial charge < -0.3 is 15.6 Å². The third-order valence-corrected chi connectivity index (χ3v) is 2.66. The number of carbonyl (C=O) groups is 1. The van der Waals surface area contributed by atoms with E-state index in [1.807, 2.05) is 17.7 Å². The van der Waals surface area contributed by atoms with Gasteiger partial charge >= 0.3 is 0 Å². The Labute approximate surface area is 88.7 Å². The second-order valence-electron chi connectivity index (χ2n) is 4.02. The molecule has 1 aromatic heterocycles. The first-order valence-electron chi connectivity index (χ1n) is 5.20. The molecule has 1 heterocycles. The summed E-state index contributed by atoms with van der Waals surface area (Å²) in [6, 6.07) is 0.191. The van der Waals surface area contributed by atoms with Gasteiger partial charge in [-0.05, 0) is 19.8 Å². The Hall–Kier alpha value is -1.36. The van der Waals surface area contributed by atoms with Crippen LogP contribution < -0.4 is 11.1 Å². The van der Waals surface area contributed by atoms with E-state index < -0.39 is 0 Å². The molecule has 0 bridgehead atoms. The molecule has 1 unspecified atom stereocenters. The van der Waals surface area contributed by atoms with Crippen molar-refractivity contribution in [1.29, 1.82) is 0 Å². The first-order chi connectivity index (χ1) is 7.16. The molecule has 5 heteroatoms. The Morgan fingerprint density at radius 2 is 2.53 bits per heavy atom. The van der Waals surface area contributed by atoms with Crippen LogP contribution in [0, 0.1) is 6.92 Å². The van der Waals surface area contributed by atoms with Gasteiger partial charge in [0.05, 0.1) is 0 Å². The third-order valence-electron chi connectivity index (χ3n) is 2.66. The van der Waals surface area contributed by atoms with Gasteiger partial charge in [0.2, 0.25) is 5.91 Å².